The minimum Gasteiger partial charge on any atom is -0.392 e. The summed E-state index contributed by atoms with van der Waals surface area (Å²) in [5, 5.41) is 18.9. The number of aliphatic hydroxyl groups excluding tert-OH is 1. The lowest BCUT2D eigenvalue weighted by Gasteiger charge is -1.99. The van der Waals surface area contributed by atoms with E-state index in [4.69, 9.17) is 10.8 Å². The molecule has 1 aromatic heterocycles. The Morgan fingerprint density at radius 1 is 1.75 bits per heavy atom. The number of hydrogen-bond donors (Lipinski definition) is 2. The molecule has 0 amide bonds. The Kier molecular flexibility index (Phi) is 2.20. The fourth-order valence-electron chi connectivity index (χ4n) is 0.735. The Bertz CT molecular complexity index is 313. The molecule has 0 atom stereocenters. The number of hydrogen-bond acceptors (Lipinski definition) is 5. The Morgan fingerprint density at radius 2 is 2.42 bits per heavy atom. The van der Waals surface area contributed by atoms with Crippen molar-refractivity contribution >= 4 is 11.5 Å². The highest BCUT2D eigenvalue weighted by molar-refractivity contribution is 5.44. The highest BCUT2D eigenvalue weighted by Crippen LogP contribution is 2.15. The molecule has 1 heterocycles. The van der Waals surface area contributed by atoms with Crippen LogP contribution >= 0.6 is 0 Å². The molecule has 0 saturated heterocycles. The summed E-state index contributed by atoms with van der Waals surface area (Å²) in [5.41, 5.74) is 5.40. The van der Waals surface area contributed by atoms with Gasteiger partial charge in [-0.1, -0.05) is 0 Å². The van der Waals surface area contributed by atoms with Crippen molar-refractivity contribution < 1.29 is 10.0 Å². The van der Waals surface area contributed by atoms with E-state index in [1.54, 1.807) is 0 Å². The third-order valence-electron chi connectivity index (χ3n) is 1.37. The van der Waals surface area contributed by atoms with Crippen LogP contribution in [0.3, 0.4) is 0 Å². The molecule has 1 aromatic rings. The smallest absolute Gasteiger partial charge is 0.288 e. The van der Waals surface area contributed by atoms with Crippen LogP contribution in [0.1, 0.15) is 5.56 Å². The van der Waals surface area contributed by atoms with Crippen molar-refractivity contribution in [2.45, 2.75) is 6.61 Å². The van der Waals surface area contributed by atoms with Gasteiger partial charge in [-0.15, -0.1) is 0 Å². The molecular weight excluding hydrogens is 162 g/mol. The van der Waals surface area contributed by atoms with Crippen molar-refractivity contribution in [3.05, 3.63) is 27.9 Å². The second-order valence-electron chi connectivity index (χ2n) is 2.15. The molecule has 0 spiro atoms. The van der Waals surface area contributed by atoms with Crippen LogP contribution in [0.4, 0.5) is 11.5 Å². The minimum absolute atomic E-state index is 0.114. The number of rotatable bonds is 2. The van der Waals surface area contributed by atoms with Crippen molar-refractivity contribution in [2.24, 2.45) is 0 Å². The molecule has 0 aliphatic rings. The number of anilines is 1. The number of nitrogen functional groups attached to an aromatic ring is 1. The van der Waals surface area contributed by atoms with Crippen molar-refractivity contribution in [1.82, 2.24) is 4.98 Å². The lowest BCUT2D eigenvalue weighted by Crippen LogP contribution is -1.99. The summed E-state index contributed by atoms with van der Waals surface area (Å²) in [6.07, 6.45) is 1.05. The highest BCUT2D eigenvalue weighted by Gasteiger charge is 2.08. The first kappa shape index (κ1) is 8.41. The molecule has 1 rings (SSSR count). The normalized spacial score (nSPS) is 9.75. The summed E-state index contributed by atoms with van der Waals surface area (Å²) >= 11 is 0. The fourth-order valence-corrected chi connectivity index (χ4v) is 0.735. The molecule has 3 N–H and O–H groups in total. The molecule has 0 aliphatic carbocycles. The SMILES string of the molecule is Nc1ncc([N+](=O)[O-])cc1CO. The van der Waals surface area contributed by atoms with Gasteiger partial charge in [-0.2, -0.15) is 0 Å². The van der Waals surface area contributed by atoms with Crippen LogP contribution < -0.4 is 5.73 Å². The van der Waals surface area contributed by atoms with E-state index in [9.17, 15) is 10.1 Å². The van der Waals surface area contributed by atoms with Crippen LogP contribution in [0.15, 0.2) is 12.3 Å². The van der Waals surface area contributed by atoms with Crippen molar-refractivity contribution in [2.75, 3.05) is 5.73 Å². The number of aliphatic hydroxyl groups is 1. The zero-order chi connectivity index (χ0) is 9.14. The molecular formula is C6H7N3O3. The van der Waals surface area contributed by atoms with Gasteiger partial charge >= 0.3 is 0 Å². The van der Waals surface area contributed by atoms with E-state index in [0.29, 0.717) is 0 Å². The van der Waals surface area contributed by atoms with Gasteiger partial charge in [-0.05, 0) is 0 Å². The molecule has 6 nitrogen and oxygen atoms in total. The van der Waals surface area contributed by atoms with E-state index in [1.165, 1.54) is 6.07 Å². The number of aromatic nitrogens is 1. The standard InChI is InChI=1S/C6H7N3O3/c7-6-4(3-10)1-5(2-8-6)9(11)12/h1-2,10H,3H2,(H2,7,8). The van der Waals surface area contributed by atoms with E-state index in [2.05, 4.69) is 4.98 Å². The topological polar surface area (TPSA) is 102 Å². The van der Waals surface area contributed by atoms with E-state index in [1.807, 2.05) is 0 Å². The van der Waals surface area contributed by atoms with Crippen molar-refractivity contribution in [3.8, 4) is 0 Å². The quantitative estimate of drug-likeness (QED) is 0.481. The lowest BCUT2D eigenvalue weighted by atomic mass is 10.2. The second-order valence-corrected chi connectivity index (χ2v) is 2.15. The zero-order valence-electron chi connectivity index (χ0n) is 6.10. The molecule has 0 fully saturated rings. The highest BCUT2D eigenvalue weighted by atomic mass is 16.6. The van der Waals surface area contributed by atoms with Gasteiger partial charge < -0.3 is 10.8 Å². The van der Waals surface area contributed by atoms with Crippen LogP contribution in [-0.4, -0.2) is 15.0 Å². The summed E-state index contributed by atoms with van der Waals surface area (Å²) in [5.74, 6) is 0.114. The van der Waals surface area contributed by atoms with Gasteiger partial charge in [-0.25, -0.2) is 4.98 Å². The van der Waals surface area contributed by atoms with Gasteiger partial charge in [0.05, 0.1) is 11.5 Å². The van der Waals surface area contributed by atoms with Crippen molar-refractivity contribution in [1.29, 1.82) is 0 Å². The van der Waals surface area contributed by atoms with Gasteiger partial charge in [0, 0.05) is 11.6 Å². The van der Waals surface area contributed by atoms with Crippen LogP contribution in [0.2, 0.25) is 0 Å². The fraction of sp³-hybridized carbons (Fsp3) is 0.167. The lowest BCUT2D eigenvalue weighted by molar-refractivity contribution is -0.385. The Hall–Kier alpha value is -1.69. The summed E-state index contributed by atoms with van der Waals surface area (Å²) in [7, 11) is 0. The average Bonchev–Trinajstić information content (AvgIpc) is 2.05. The molecule has 0 unspecified atom stereocenters. The summed E-state index contributed by atoms with van der Waals surface area (Å²) < 4.78 is 0. The second kappa shape index (κ2) is 3.14. The molecule has 0 bridgehead atoms. The Labute approximate surface area is 67.8 Å². The minimum atomic E-state index is -0.592. The van der Waals surface area contributed by atoms with E-state index < -0.39 is 4.92 Å². The van der Waals surface area contributed by atoms with Crippen molar-refractivity contribution in [3.63, 3.8) is 0 Å². The molecule has 0 saturated carbocycles. The summed E-state index contributed by atoms with van der Waals surface area (Å²) in [6, 6.07) is 1.20. The Morgan fingerprint density at radius 3 is 2.92 bits per heavy atom. The molecule has 12 heavy (non-hydrogen) atoms. The van der Waals surface area contributed by atoms with Gasteiger partial charge in [0.25, 0.3) is 5.69 Å². The molecule has 64 valence electrons. The van der Waals surface area contributed by atoms with E-state index in [0.717, 1.165) is 6.20 Å². The van der Waals surface area contributed by atoms with Gasteiger partial charge in [0.15, 0.2) is 0 Å². The van der Waals surface area contributed by atoms with E-state index >= 15 is 0 Å². The molecule has 6 heteroatoms. The van der Waals surface area contributed by atoms with Crippen LogP contribution in [-0.2, 0) is 6.61 Å². The zero-order valence-corrected chi connectivity index (χ0v) is 6.10. The summed E-state index contributed by atoms with van der Waals surface area (Å²) in [4.78, 5) is 13.2. The van der Waals surface area contributed by atoms with Gasteiger partial charge in [0.2, 0.25) is 0 Å². The van der Waals surface area contributed by atoms with Crippen LogP contribution in [0.25, 0.3) is 0 Å². The van der Waals surface area contributed by atoms with Crippen LogP contribution in [0.5, 0.6) is 0 Å². The first-order chi connectivity index (χ1) is 5.65. The number of nitro groups is 1. The monoisotopic (exact) mass is 169 g/mol. The maximum absolute atomic E-state index is 10.2. The third-order valence-corrected chi connectivity index (χ3v) is 1.37. The number of nitrogens with two attached hydrogens (primary N) is 1. The molecule has 0 radical (unpaired) electrons. The number of pyridine rings is 1. The number of nitrogens with zero attached hydrogens (tertiary/aromatic N) is 2. The van der Waals surface area contributed by atoms with Gasteiger partial charge in [0.1, 0.15) is 12.0 Å². The van der Waals surface area contributed by atoms with Gasteiger partial charge in [-0.3, -0.25) is 10.1 Å². The first-order valence-electron chi connectivity index (χ1n) is 3.15. The first-order valence-corrected chi connectivity index (χ1v) is 3.15. The predicted octanol–water partition coefficient (Wildman–Crippen LogP) is 0.0643. The van der Waals surface area contributed by atoms with Crippen LogP contribution in [0, 0.1) is 10.1 Å². The van der Waals surface area contributed by atoms with E-state index in [-0.39, 0.29) is 23.7 Å². The maximum atomic E-state index is 10.2. The molecule has 0 aliphatic heterocycles. The molecule has 0 aromatic carbocycles. The third kappa shape index (κ3) is 1.48. The average molecular weight is 169 g/mol. The predicted molar refractivity (Wildman–Crippen MR) is 41.2 cm³/mol. The summed E-state index contributed by atoms with van der Waals surface area (Å²) in [6.45, 7) is -0.347. The Balaban J connectivity index is 3.13. The maximum Gasteiger partial charge on any atom is 0.288 e. The largest absolute Gasteiger partial charge is 0.392 e.